The fraction of sp³-hybridized carbons (Fsp3) is 0.222. The molecule has 0 radical (unpaired) electrons. The van der Waals surface area contributed by atoms with E-state index < -0.39 is 21.7 Å². The van der Waals surface area contributed by atoms with Crippen molar-refractivity contribution in [2.24, 2.45) is 0 Å². The van der Waals surface area contributed by atoms with Gasteiger partial charge in [-0.25, -0.2) is 8.42 Å². The molecule has 0 fully saturated rings. The van der Waals surface area contributed by atoms with Crippen LogP contribution < -0.4 is 4.72 Å². The monoisotopic (exact) mass is 229 g/mol. The molecule has 1 aromatic rings. The van der Waals surface area contributed by atoms with Crippen molar-refractivity contribution in [2.75, 3.05) is 10.5 Å². The highest BCUT2D eigenvalue weighted by molar-refractivity contribution is 7.93. The number of rotatable bonds is 4. The Morgan fingerprint density at radius 1 is 1.33 bits per heavy atom. The molecular formula is C9H11NO4S. The van der Waals surface area contributed by atoms with Crippen LogP contribution in [0.4, 0.5) is 5.69 Å². The van der Waals surface area contributed by atoms with E-state index in [9.17, 15) is 13.2 Å². The number of carboxylic acid groups (broad SMARTS) is 1. The van der Waals surface area contributed by atoms with E-state index in [4.69, 9.17) is 5.11 Å². The normalized spacial score (nSPS) is 11.0. The molecule has 0 aliphatic carbocycles. The molecule has 15 heavy (non-hydrogen) atoms. The van der Waals surface area contributed by atoms with Crippen LogP contribution in [-0.2, 0) is 14.8 Å². The zero-order valence-electron chi connectivity index (χ0n) is 8.10. The lowest BCUT2D eigenvalue weighted by Gasteiger charge is -2.05. The third-order valence-corrected chi connectivity index (χ3v) is 2.81. The summed E-state index contributed by atoms with van der Waals surface area (Å²) in [6.45, 7) is 1.87. The number of anilines is 1. The average Bonchev–Trinajstić information content (AvgIpc) is 2.06. The molecule has 0 unspecified atom stereocenters. The Bertz CT molecular complexity index is 450. The van der Waals surface area contributed by atoms with Gasteiger partial charge in [0, 0.05) is 5.69 Å². The fourth-order valence-electron chi connectivity index (χ4n) is 1.000. The van der Waals surface area contributed by atoms with Crippen molar-refractivity contribution in [2.45, 2.75) is 6.92 Å². The van der Waals surface area contributed by atoms with E-state index in [1.54, 1.807) is 24.3 Å². The molecule has 0 spiro atoms. The zero-order valence-corrected chi connectivity index (χ0v) is 8.91. The van der Waals surface area contributed by atoms with Crippen molar-refractivity contribution in [3.8, 4) is 0 Å². The summed E-state index contributed by atoms with van der Waals surface area (Å²) in [6, 6.07) is 6.63. The second-order valence-corrected chi connectivity index (χ2v) is 4.84. The molecule has 0 aliphatic heterocycles. The molecule has 0 heterocycles. The van der Waals surface area contributed by atoms with Gasteiger partial charge < -0.3 is 5.11 Å². The third kappa shape index (κ3) is 3.99. The minimum absolute atomic E-state index is 0.363. The molecule has 0 aliphatic rings. The number of hydrogen-bond acceptors (Lipinski definition) is 3. The van der Waals surface area contributed by atoms with E-state index in [-0.39, 0.29) is 0 Å². The predicted molar refractivity (Wildman–Crippen MR) is 56.2 cm³/mol. The summed E-state index contributed by atoms with van der Waals surface area (Å²) in [7, 11) is -3.80. The van der Waals surface area contributed by atoms with Crippen LogP contribution in [-0.4, -0.2) is 25.2 Å². The van der Waals surface area contributed by atoms with E-state index >= 15 is 0 Å². The summed E-state index contributed by atoms with van der Waals surface area (Å²) in [6.07, 6.45) is 0. The maximum atomic E-state index is 11.2. The van der Waals surface area contributed by atoms with E-state index in [1.807, 2.05) is 6.92 Å². The third-order valence-electron chi connectivity index (χ3n) is 1.64. The predicted octanol–water partition coefficient (Wildman–Crippen LogP) is 0.821. The highest BCUT2D eigenvalue weighted by Gasteiger charge is 2.14. The van der Waals surface area contributed by atoms with Crippen LogP contribution in [0, 0.1) is 6.92 Å². The van der Waals surface area contributed by atoms with Crippen molar-refractivity contribution in [1.82, 2.24) is 0 Å². The van der Waals surface area contributed by atoms with Crippen LogP contribution in [0.5, 0.6) is 0 Å². The van der Waals surface area contributed by atoms with E-state index in [0.717, 1.165) is 5.56 Å². The van der Waals surface area contributed by atoms with Gasteiger partial charge in [-0.15, -0.1) is 0 Å². The van der Waals surface area contributed by atoms with E-state index in [0.29, 0.717) is 5.69 Å². The van der Waals surface area contributed by atoms with Gasteiger partial charge in [0.05, 0.1) is 0 Å². The van der Waals surface area contributed by atoms with Gasteiger partial charge in [-0.1, -0.05) is 17.7 Å². The minimum atomic E-state index is -3.80. The first-order valence-electron chi connectivity index (χ1n) is 4.18. The Kier molecular flexibility index (Phi) is 3.31. The second kappa shape index (κ2) is 4.31. The molecule has 0 bridgehead atoms. The largest absolute Gasteiger partial charge is 0.480 e. The molecule has 5 nitrogen and oxygen atoms in total. The second-order valence-electron chi connectivity index (χ2n) is 3.12. The van der Waals surface area contributed by atoms with Crippen LogP contribution in [0.15, 0.2) is 24.3 Å². The summed E-state index contributed by atoms with van der Waals surface area (Å²) >= 11 is 0. The first-order valence-corrected chi connectivity index (χ1v) is 5.83. The highest BCUT2D eigenvalue weighted by atomic mass is 32.2. The molecule has 6 heteroatoms. The number of benzene rings is 1. The number of hydrogen-bond donors (Lipinski definition) is 2. The van der Waals surface area contributed by atoms with Gasteiger partial charge in [0.2, 0.25) is 10.0 Å². The van der Waals surface area contributed by atoms with Crippen molar-refractivity contribution in [1.29, 1.82) is 0 Å². The molecule has 0 saturated heterocycles. The Balaban J connectivity index is 2.78. The molecule has 0 atom stereocenters. The van der Waals surface area contributed by atoms with Gasteiger partial charge in [0.15, 0.2) is 5.75 Å². The molecular weight excluding hydrogens is 218 g/mol. The standard InChI is InChI=1S/C9H11NO4S/c1-7-2-4-8(5-3-7)10-15(13,14)6-9(11)12/h2-5,10H,6H2,1H3,(H,11,12). The summed E-state index contributed by atoms with van der Waals surface area (Å²) < 4.78 is 24.6. The maximum Gasteiger partial charge on any atom is 0.320 e. The highest BCUT2D eigenvalue weighted by Crippen LogP contribution is 2.10. The number of aliphatic carboxylic acids is 1. The van der Waals surface area contributed by atoms with Gasteiger partial charge >= 0.3 is 5.97 Å². The van der Waals surface area contributed by atoms with Crippen LogP contribution in [0.3, 0.4) is 0 Å². The van der Waals surface area contributed by atoms with Crippen molar-refractivity contribution >= 4 is 21.7 Å². The molecule has 0 saturated carbocycles. The maximum absolute atomic E-state index is 11.2. The number of carboxylic acids is 1. The lowest BCUT2D eigenvalue weighted by atomic mass is 10.2. The Hall–Kier alpha value is -1.56. The first kappa shape index (κ1) is 11.5. The molecule has 1 rings (SSSR count). The van der Waals surface area contributed by atoms with Crippen molar-refractivity contribution < 1.29 is 18.3 Å². The van der Waals surface area contributed by atoms with Crippen LogP contribution in [0.1, 0.15) is 5.56 Å². The fourth-order valence-corrected chi connectivity index (χ4v) is 1.89. The lowest BCUT2D eigenvalue weighted by Crippen LogP contribution is -2.22. The summed E-state index contributed by atoms with van der Waals surface area (Å²) in [5.74, 6) is -2.31. The van der Waals surface area contributed by atoms with Crippen LogP contribution in [0.25, 0.3) is 0 Å². The average molecular weight is 229 g/mol. The minimum Gasteiger partial charge on any atom is -0.480 e. The van der Waals surface area contributed by atoms with E-state index in [1.165, 1.54) is 0 Å². The molecule has 0 amide bonds. The van der Waals surface area contributed by atoms with Gasteiger partial charge in [0.25, 0.3) is 0 Å². The topological polar surface area (TPSA) is 83.5 Å². The lowest BCUT2D eigenvalue weighted by molar-refractivity contribution is -0.134. The Morgan fingerprint density at radius 3 is 2.33 bits per heavy atom. The SMILES string of the molecule is Cc1ccc(NS(=O)(=O)CC(=O)O)cc1. The number of nitrogens with one attached hydrogen (secondary N) is 1. The summed E-state index contributed by atoms with van der Waals surface area (Å²) in [5, 5.41) is 8.35. The number of aryl methyl sites for hydroxylation is 1. The smallest absolute Gasteiger partial charge is 0.320 e. The van der Waals surface area contributed by atoms with Crippen LogP contribution in [0.2, 0.25) is 0 Å². The quantitative estimate of drug-likeness (QED) is 0.800. The zero-order chi connectivity index (χ0) is 11.5. The van der Waals surface area contributed by atoms with Gasteiger partial charge in [-0.2, -0.15) is 0 Å². The Morgan fingerprint density at radius 2 is 1.87 bits per heavy atom. The van der Waals surface area contributed by atoms with Gasteiger partial charge in [-0.3, -0.25) is 9.52 Å². The van der Waals surface area contributed by atoms with Gasteiger partial charge in [-0.05, 0) is 19.1 Å². The van der Waals surface area contributed by atoms with Crippen molar-refractivity contribution in [3.05, 3.63) is 29.8 Å². The van der Waals surface area contributed by atoms with E-state index in [2.05, 4.69) is 4.72 Å². The molecule has 82 valence electrons. The van der Waals surface area contributed by atoms with Gasteiger partial charge in [0.1, 0.15) is 0 Å². The summed E-state index contributed by atoms with van der Waals surface area (Å²) in [5.41, 5.74) is 1.36. The first-order chi connectivity index (χ1) is 6.89. The number of carbonyl (C=O) groups is 1. The number of sulfonamides is 1. The molecule has 0 aromatic heterocycles. The van der Waals surface area contributed by atoms with Crippen LogP contribution >= 0.6 is 0 Å². The Labute approximate surface area is 87.8 Å². The summed E-state index contributed by atoms with van der Waals surface area (Å²) in [4.78, 5) is 10.2. The van der Waals surface area contributed by atoms with Crippen molar-refractivity contribution in [3.63, 3.8) is 0 Å². The molecule has 1 aromatic carbocycles. The molecule has 2 N–H and O–H groups in total.